The van der Waals surface area contributed by atoms with Crippen LogP contribution in [0.1, 0.15) is 43.4 Å². The van der Waals surface area contributed by atoms with E-state index in [4.69, 9.17) is 10.8 Å². The first-order chi connectivity index (χ1) is 10.3. The van der Waals surface area contributed by atoms with Crippen LogP contribution in [0.25, 0.3) is 10.1 Å². The molecule has 1 aliphatic carbocycles. The Morgan fingerprint density at radius 3 is 2.67 bits per heavy atom. The maximum Gasteiger partial charge on any atom is 0.153 e. The second-order valence-electron chi connectivity index (χ2n) is 5.56. The van der Waals surface area contributed by atoms with Crippen molar-refractivity contribution in [3.8, 4) is 0 Å². The number of hydrazine groups is 1. The monoisotopic (exact) mass is 305 g/mol. The van der Waals surface area contributed by atoms with Crippen molar-refractivity contribution in [3.63, 3.8) is 0 Å². The Morgan fingerprint density at radius 2 is 1.95 bits per heavy atom. The SMILES string of the molecule is NNC(=NC1CCCCCC1)c1cc2ccc(F)cc2s1. The predicted molar refractivity (Wildman–Crippen MR) is 87.1 cm³/mol. The van der Waals surface area contributed by atoms with Crippen molar-refractivity contribution in [3.05, 3.63) is 35.0 Å². The first-order valence-electron chi connectivity index (χ1n) is 7.50. The highest BCUT2D eigenvalue weighted by atomic mass is 32.1. The highest BCUT2D eigenvalue weighted by Crippen LogP contribution is 2.27. The van der Waals surface area contributed by atoms with E-state index >= 15 is 0 Å². The van der Waals surface area contributed by atoms with Gasteiger partial charge in [-0.3, -0.25) is 4.99 Å². The number of nitrogens with zero attached hydrogens (tertiary/aromatic N) is 1. The van der Waals surface area contributed by atoms with Gasteiger partial charge in [-0.05, 0) is 36.4 Å². The Kier molecular flexibility index (Phi) is 4.51. The molecular weight excluding hydrogens is 285 g/mol. The molecule has 0 unspecified atom stereocenters. The fourth-order valence-corrected chi connectivity index (χ4v) is 3.91. The van der Waals surface area contributed by atoms with E-state index in [1.54, 1.807) is 12.1 Å². The minimum absolute atomic E-state index is 0.209. The quantitative estimate of drug-likeness (QED) is 0.290. The number of halogens is 1. The summed E-state index contributed by atoms with van der Waals surface area (Å²) in [5.74, 6) is 6.18. The predicted octanol–water partition coefficient (Wildman–Crippen LogP) is 3.97. The molecule has 1 fully saturated rings. The molecule has 0 radical (unpaired) electrons. The fraction of sp³-hybridized carbons (Fsp3) is 0.438. The van der Waals surface area contributed by atoms with E-state index in [0.717, 1.165) is 33.6 Å². The molecule has 3 N–H and O–H groups in total. The summed E-state index contributed by atoms with van der Waals surface area (Å²) in [7, 11) is 0. The summed E-state index contributed by atoms with van der Waals surface area (Å²) < 4.78 is 14.2. The van der Waals surface area contributed by atoms with E-state index in [1.165, 1.54) is 43.1 Å². The summed E-state index contributed by atoms with van der Waals surface area (Å²) in [4.78, 5) is 5.77. The average Bonchev–Trinajstić information content (AvgIpc) is 2.72. The van der Waals surface area contributed by atoms with E-state index in [2.05, 4.69) is 5.43 Å². The number of rotatable bonds is 2. The molecule has 0 aliphatic heterocycles. The number of amidine groups is 1. The van der Waals surface area contributed by atoms with Crippen LogP contribution in [0.4, 0.5) is 4.39 Å². The van der Waals surface area contributed by atoms with E-state index in [9.17, 15) is 4.39 Å². The van der Waals surface area contributed by atoms with E-state index < -0.39 is 0 Å². The van der Waals surface area contributed by atoms with E-state index in [-0.39, 0.29) is 5.82 Å². The van der Waals surface area contributed by atoms with Gasteiger partial charge >= 0.3 is 0 Å². The van der Waals surface area contributed by atoms with Gasteiger partial charge in [0.25, 0.3) is 0 Å². The van der Waals surface area contributed by atoms with Crippen molar-refractivity contribution in [2.75, 3.05) is 0 Å². The van der Waals surface area contributed by atoms with Gasteiger partial charge in [0.15, 0.2) is 5.84 Å². The number of nitrogens with one attached hydrogen (secondary N) is 1. The van der Waals surface area contributed by atoms with Crippen LogP contribution >= 0.6 is 11.3 Å². The molecule has 5 heteroatoms. The third kappa shape index (κ3) is 3.41. The van der Waals surface area contributed by atoms with Crippen LogP contribution in [0.3, 0.4) is 0 Å². The molecule has 1 saturated carbocycles. The van der Waals surface area contributed by atoms with Gasteiger partial charge in [-0.1, -0.05) is 31.7 Å². The van der Waals surface area contributed by atoms with Crippen LogP contribution in [0.15, 0.2) is 29.3 Å². The van der Waals surface area contributed by atoms with Gasteiger partial charge in [-0.2, -0.15) is 0 Å². The van der Waals surface area contributed by atoms with Gasteiger partial charge in [0.1, 0.15) is 5.82 Å². The molecule has 1 heterocycles. The zero-order valence-electron chi connectivity index (χ0n) is 11.9. The van der Waals surface area contributed by atoms with Crippen molar-refractivity contribution in [1.82, 2.24) is 5.43 Å². The molecule has 0 bridgehead atoms. The smallest absolute Gasteiger partial charge is 0.153 e. The zero-order valence-corrected chi connectivity index (χ0v) is 12.8. The molecule has 0 atom stereocenters. The van der Waals surface area contributed by atoms with E-state index in [0.29, 0.717) is 6.04 Å². The summed E-state index contributed by atoms with van der Waals surface area (Å²) in [6.07, 6.45) is 7.35. The number of fused-ring (bicyclic) bond motifs is 1. The Balaban J connectivity index is 1.89. The lowest BCUT2D eigenvalue weighted by molar-refractivity contribution is 0.583. The average molecular weight is 305 g/mol. The Morgan fingerprint density at radius 1 is 1.19 bits per heavy atom. The van der Waals surface area contributed by atoms with Crippen molar-refractivity contribution in [2.24, 2.45) is 10.8 Å². The molecule has 3 rings (SSSR count). The van der Waals surface area contributed by atoms with Crippen LogP contribution in [-0.4, -0.2) is 11.9 Å². The van der Waals surface area contributed by atoms with E-state index in [1.807, 2.05) is 6.07 Å². The molecule has 3 nitrogen and oxygen atoms in total. The summed E-state index contributed by atoms with van der Waals surface area (Å²) in [5.41, 5.74) is 2.73. The number of hydrogen-bond acceptors (Lipinski definition) is 3. The van der Waals surface area contributed by atoms with Crippen molar-refractivity contribution in [1.29, 1.82) is 0 Å². The van der Waals surface area contributed by atoms with Crippen molar-refractivity contribution < 1.29 is 4.39 Å². The van der Waals surface area contributed by atoms with Crippen molar-refractivity contribution >= 4 is 27.3 Å². The minimum Gasteiger partial charge on any atom is -0.308 e. The number of benzene rings is 1. The molecule has 21 heavy (non-hydrogen) atoms. The summed E-state index contributed by atoms with van der Waals surface area (Å²) in [6.45, 7) is 0. The molecule has 112 valence electrons. The molecule has 1 aromatic carbocycles. The summed E-state index contributed by atoms with van der Waals surface area (Å²) >= 11 is 1.52. The Bertz CT molecular complexity index is 642. The molecule has 2 aromatic rings. The molecule has 0 spiro atoms. The molecular formula is C16H20FN3S. The third-order valence-electron chi connectivity index (χ3n) is 3.99. The van der Waals surface area contributed by atoms with Crippen LogP contribution in [0.2, 0.25) is 0 Å². The topological polar surface area (TPSA) is 50.4 Å². The number of aliphatic imine (C=N–C) groups is 1. The highest BCUT2D eigenvalue weighted by molar-refractivity contribution is 7.20. The highest BCUT2D eigenvalue weighted by Gasteiger charge is 2.14. The van der Waals surface area contributed by atoms with Crippen LogP contribution in [0.5, 0.6) is 0 Å². The first kappa shape index (κ1) is 14.5. The lowest BCUT2D eigenvalue weighted by atomic mass is 10.1. The van der Waals surface area contributed by atoms with Gasteiger partial charge in [-0.15, -0.1) is 11.3 Å². The number of hydrogen-bond donors (Lipinski definition) is 2. The number of thiophene rings is 1. The summed E-state index contributed by atoms with van der Waals surface area (Å²) in [5, 5.41) is 1.03. The zero-order chi connectivity index (χ0) is 14.7. The van der Waals surface area contributed by atoms with Gasteiger partial charge in [0.2, 0.25) is 0 Å². The molecule has 1 aliphatic rings. The molecule has 0 saturated heterocycles. The molecule has 1 aromatic heterocycles. The van der Waals surface area contributed by atoms with Crippen LogP contribution in [-0.2, 0) is 0 Å². The second kappa shape index (κ2) is 6.54. The molecule has 0 amide bonds. The van der Waals surface area contributed by atoms with Crippen LogP contribution in [0, 0.1) is 5.82 Å². The minimum atomic E-state index is -0.209. The lowest BCUT2D eigenvalue weighted by Gasteiger charge is -2.11. The van der Waals surface area contributed by atoms with Gasteiger partial charge in [0, 0.05) is 4.70 Å². The first-order valence-corrected chi connectivity index (χ1v) is 8.32. The van der Waals surface area contributed by atoms with Gasteiger partial charge < -0.3 is 5.43 Å². The fourth-order valence-electron chi connectivity index (χ4n) is 2.86. The third-order valence-corrected chi connectivity index (χ3v) is 5.09. The van der Waals surface area contributed by atoms with Gasteiger partial charge in [-0.25, -0.2) is 10.2 Å². The maximum absolute atomic E-state index is 13.3. The number of nitrogens with two attached hydrogens (primary N) is 1. The van der Waals surface area contributed by atoms with Gasteiger partial charge in [0.05, 0.1) is 10.9 Å². The Hall–Kier alpha value is -1.46. The normalized spacial score (nSPS) is 17.9. The largest absolute Gasteiger partial charge is 0.308 e. The second-order valence-corrected chi connectivity index (χ2v) is 6.64. The maximum atomic E-state index is 13.3. The van der Waals surface area contributed by atoms with Crippen molar-refractivity contribution in [2.45, 2.75) is 44.6 Å². The summed E-state index contributed by atoms with van der Waals surface area (Å²) in [6, 6.07) is 7.21. The standard InChI is InChI=1S/C16H20FN3S/c17-12-8-7-11-9-15(21-14(11)10-12)16(20-18)19-13-5-3-1-2-4-6-13/h7-10,13H,1-6,18H2,(H,19,20). The van der Waals surface area contributed by atoms with Crippen LogP contribution < -0.4 is 11.3 Å². The lowest BCUT2D eigenvalue weighted by Crippen LogP contribution is -2.31. The Labute approximate surface area is 128 Å².